The SMILES string of the molecule is COC(=O)c1cc2c(cc1[N+](=O)[O-])Oc1cccnc1O2. The first-order valence-corrected chi connectivity index (χ1v) is 5.81. The Labute approximate surface area is 118 Å². The minimum absolute atomic E-state index is 0.134. The third-order valence-electron chi connectivity index (χ3n) is 2.83. The molecule has 2 aromatic rings. The molecule has 0 aliphatic carbocycles. The van der Waals surface area contributed by atoms with Gasteiger partial charge in [-0.05, 0) is 12.1 Å². The summed E-state index contributed by atoms with van der Waals surface area (Å²) in [6.07, 6.45) is 1.51. The minimum Gasteiger partial charge on any atom is -0.465 e. The number of ether oxygens (including phenoxy) is 3. The van der Waals surface area contributed by atoms with Crippen molar-refractivity contribution < 1.29 is 23.9 Å². The molecule has 3 rings (SSSR count). The molecule has 0 N–H and O–H groups in total. The van der Waals surface area contributed by atoms with E-state index in [1.807, 2.05) is 0 Å². The van der Waals surface area contributed by atoms with Crippen LogP contribution in [0.25, 0.3) is 0 Å². The first-order valence-electron chi connectivity index (χ1n) is 5.81. The van der Waals surface area contributed by atoms with Crippen LogP contribution in [0.3, 0.4) is 0 Å². The molecule has 0 unspecified atom stereocenters. The lowest BCUT2D eigenvalue weighted by Gasteiger charge is -2.19. The van der Waals surface area contributed by atoms with Crippen molar-refractivity contribution in [3.63, 3.8) is 0 Å². The van der Waals surface area contributed by atoms with Gasteiger partial charge in [0.1, 0.15) is 5.56 Å². The number of methoxy groups -OCH3 is 1. The second-order valence-corrected chi connectivity index (χ2v) is 4.08. The minimum atomic E-state index is -0.833. The van der Waals surface area contributed by atoms with E-state index in [-0.39, 0.29) is 22.9 Å². The maximum Gasteiger partial charge on any atom is 0.345 e. The van der Waals surface area contributed by atoms with Crippen molar-refractivity contribution >= 4 is 11.7 Å². The third-order valence-corrected chi connectivity index (χ3v) is 2.83. The van der Waals surface area contributed by atoms with Crippen LogP contribution in [0.4, 0.5) is 5.69 Å². The van der Waals surface area contributed by atoms with Crippen molar-refractivity contribution in [1.82, 2.24) is 4.98 Å². The summed E-state index contributed by atoms with van der Waals surface area (Å²) in [6, 6.07) is 5.59. The first kappa shape index (κ1) is 12.9. The fraction of sp³-hybridized carbons (Fsp3) is 0.0769. The molecular formula is C13H8N2O6. The molecule has 2 heterocycles. The van der Waals surface area contributed by atoms with Crippen LogP contribution in [0.5, 0.6) is 23.1 Å². The van der Waals surface area contributed by atoms with E-state index in [0.29, 0.717) is 5.75 Å². The van der Waals surface area contributed by atoms with Gasteiger partial charge in [-0.1, -0.05) is 0 Å². The van der Waals surface area contributed by atoms with Crippen LogP contribution in [-0.2, 0) is 4.74 Å². The normalized spacial score (nSPS) is 11.5. The summed E-state index contributed by atoms with van der Waals surface area (Å²) < 4.78 is 15.5. The second-order valence-electron chi connectivity index (χ2n) is 4.08. The summed E-state index contributed by atoms with van der Waals surface area (Å²) in [7, 11) is 1.14. The summed E-state index contributed by atoms with van der Waals surface area (Å²) in [5.74, 6) is 0.0155. The summed E-state index contributed by atoms with van der Waals surface area (Å²) in [4.78, 5) is 26.0. The van der Waals surface area contributed by atoms with Gasteiger partial charge in [0.05, 0.1) is 18.1 Å². The predicted molar refractivity (Wildman–Crippen MR) is 68.8 cm³/mol. The van der Waals surface area contributed by atoms with Gasteiger partial charge in [0.15, 0.2) is 17.2 Å². The van der Waals surface area contributed by atoms with Crippen LogP contribution in [0.15, 0.2) is 30.5 Å². The number of hydrogen-bond donors (Lipinski definition) is 0. The highest BCUT2D eigenvalue weighted by Crippen LogP contribution is 2.46. The van der Waals surface area contributed by atoms with Gasteiger partial charge in [-0.2, -0.15) is 0 Å². The quantitative estimate of drug-likeness (QED) is 0.406. The molecule has 1 aromatic heterocycles. The summed E-state index contributed by atoms with van der Waals surface area (Å²) in [6.45, 7) is 0. The largest absolute Gasteiger partial charge is 0.465 e. The highest BCUT2D eigenvalue weighted by Gasteiger charge is 2.29. The number of carbonyl (C=O) groups excluding carboxylic acids is 1. The van der Waals surface area contributed by atoms with E-state index in [2.05, 4.69) is 9.72 Å². The lowest BCUT2D eigenvalue weighted by atomic mass is 10.1. The van der Waals surface area contributed by atoms with E-state index < -0.39 is 16.6 Å². The second kappa shape index (κ2) is 4.75. The van der Waals surface area contributed by atoms with E-state index in [9.17, 15) is 14.9 Å². The maximum absolute atomic E-state index is 11.6. The molecule has 0 saturated carbocycles. The number of hydrogen-bond acceptors (Lipinski definition) is 7. The molecule has 1 aliphatic rings. The Balaban J connectivity index is 2.13. The van der Waals surface area contributed by atoms with E-state index in [0.717, 1.165) is 13.2 Å². The molecule has 0 radical (unpaired) electrons. The van der Waals surface area contributed by atoms with Crippen LogP contribution < -0.4 is 9.47 Å². The average Bonchev–Trinajstić information content (AvgIpc) is 2.50. The number of carbonyl (C=O) groups is 1. The topological polar surface area (TPSA) is 101 Å². The number of benzene rings is 1. The van der Waals surface area contributed by atoms with E-state index in [4.69, 9.17) is 9.47 Å². The molecule has 0 fully saturated rings. The van der Waals surface area contributed by atoms with Gasteiger partial charge >= 0.3 is 5.97 Å². The van der Waals surface area contributed by atoms with Crippen LogP contribution in [0.1, 0.15) is 10.4 Å². The Morgan fingerprint density at radius 1 is 1.29 bits per heavy atom. The summed E-state index contributed by atoms with van der Waals surface area (Å²) in [5, 5.41) is 11.1. The molecule has 106 valence electrons. The molecule has 21 heavy (non-hydrogen) atoms. The van der Waals surface area contributed by atoms with Gasteiger partial charge < -0.3 is 14.2 Å². The highest BCUT2D eigenvalue weighted by molar-refractivity contribution is 5.95. The van der Waals surface area contributed by atoms with Gasteiger partial charge in [-0.3, -0.25) is 10.1 Å². The number of pyridine rings is 1. The number of nitro groups is 1. The Morgan fingerprint density at radius 3 is 2.76 bits per heavy atom. The maximum atomic E-state index is 11.6. The lowest BCUT2D eigenvalue weighted by molar-refractivity contribution is -0.385. The van der Waals surface area contributed by atoms with Crippen molar-refractivity contribution in [1.29, 1.82) is 0 Å². The summed E-state index contributed by atoms with van der Waals surface area (Å²) in [5.41, 5.74) is -0.638. The van der Waals surface area contributed by atoms with Crippen molar-refractivity contribution in [2.45, 2.75) is 0 Å². The molecule has 0 amide bonds. The highest BCUT2D eigenvalue weighted by atomic mass is 16.6. The molecule has 1 aliphatic heterocycles. The smallest absolute Gasteiger partial charge is 0.345 e. The van der Waals surface area contributed by atoms with E-state index in [1.165, 1.54) is 12.3 Å². The fourth-order valence-electron chi connectivity index (χ4n) is 1.89. The third kappa shape index (κ3) is 2.12. The summed E-state index contributed by atoms with van der Waals surface area (Å²) >= 11 is 0. The Kier molecular flexibility index (Phi) is 2.90. The van der Waals surface area contributed by atoms with E-state index in [1.54, 1.807) is 12.1 Å². The average molecular weight is 288 g/mol. The zero-order chi connectivity index (χ0) is 15.0. The number of esters is 1. The van der Waals surface area contributed by atoms with Crippen molar-refractivity contribution in [2.75, 3.05) is 7.11 Å². The van der Waals surface area contributed by atoms with Gasteiger partial charge in [0.25, 0.3) is 11.6 Å². The van der Waals surface area contributed by atoms with Crippen LogP contribution in [-0.4, -0.2) is 23.0 Å². The fourth-order valence-corrected chi connectivity index (χ4v) is 1.89. The number of nitro benzene ring substituents is 1. The molecule has 0 atom stereocenters. The Bertz CT molecular complexity index is 758. The zero-order valence-corrected chi connectivity index (χ0v) is 10.7. The molecule has 0 bridgehead atoms. The van der Waals surface area contributed by atoms with Crippen molar-refractivity contribution in [3.05, 3.63) is 46.1 Å². The monoisotopic (exact) mass is 288 g/mol. The Hall–Kier alpha value is -3.16. The molecule has 1 aromatic carbocycles. The Morgan fingerprint density at radius 2 is 2.05 bits per heavy atom. The van der Waals surface area contributed by atoms with Gasteiger partial charge in [0, 0.05) is 12.3 Å². The molecule has 0 spiro atoms. The number of fused-ring (bicyclic) bond motifs is 2. The molecule has 8 heteroatoms. The van der Waals surface area contributed by atoms with Crippen molar-refractivity contribution in [2.24, 2.45) is 0 Å². The van der Waals surface area contributed by atoms with Crippen molar-refractivity contribution in [3.8, 4) is 23.1 Å². The van der Waals surface area contributed by atoms with Crippen LogP contribution in [0.2, 0.25) is 0 Å². The number of nitrogens with zero attached hydrogens (tertiary/aromatic N) is 2. The number of aromatic nitrogens is 1. The lowest BCUT2D eigenvalue weighted by Crippen LogP contribution is -2.08. The molecule has 8 nitrogen and oxygen atoms in total. The predicted octanol–water partition coefficient (Wildman–Crippen LogP) is 2.67. The van der Waals surface area contributed by atoms with Gasteiger partial charge in [0.2, 0.25) is 0 Å². The van der Waals surface area contributed by atoms with Gasteiger partial charge in [-0.25, -0.2) is 9.78 Å². The van der Waals surface area contributed by atoms with Crippen LogP contribution in [0, 0.1) is 10.1 Å². The van der Waals surface area contributed by atoms with E-state index >= 15 is 0 Å². The number of rotatable bonds is 2. The standard InChI is InChI=1S/C13H8N2O6/c1-19-13(16)7-5-10-11(6-8(7)15(17)18)20-9-3-2-4-14-12(9)21-10/h2-6H,1H3. The van der Waals surface area contributed by atoms with Crippen LogP contribution >= 0.6 is 0 Å². The first-order chi connectivity index (χ1) is 10.1. The molecular weight excluding hydrogens is 280 g/mol. The molecule has 0 saturated heterocycles. The zero-order valence-electron chi connectivity index (χ0n) is 10.7. The van der Waals surface area contributed by atoms with Gasteiger partial charge in [-0.15, -0.1) is 0 Å².